The largest absolute Gasteiger partial charge is 0.328 e. The van der Waals surface area contributed by atoms with Crippen molar-refractivity contribution in [3.05, 3.63) is 47.0 Å². The van der Waals surface area contributed by atoms with Crippen LogP contribution in [0, 0.1) is 0 Å². The van der Waals surface area contributed by atoms with Crippen LogP contribution in [0.4, 0.5) is 5.69 Å². The summed E-state index contributed by atoms with van der Waals surface area (Å²) >= 11 is 11.7. The van der Waals surface area contributed by atoms with Gasteiger partial charge >= 0.3 is 0 Å². The van der Waals surface area contributed by atoms with Crippen LogP contribution in [0.15, 0.2) is 36.9 Å². The molecule has 1 amide bonds. The molecule has 1 N–H and O–H groups in total. The van der Waals surface area contributed by atoms with Crippen LogP contribution in [0.1, 0.15) is 0 Å². The second kappa shape index (κ2) is 5.21. The Balaban J connectivity index is 2.05. The first-order valence-electron chi connectivity index (χ1n) is 4.86. The first-order chi connectivity index (χ1) is 8.15. The number of amides is 1. The third-order valence-corrected chi connectivity index (χ3v) is 2.65. The summed E-state index contributed by atoms with van der Waals surface area (Å²) in [6.45, 7) is 0.183. The molecule has 0 aliphatic carbocycles. The highest BCUT2D eigenvalue weighted by atomic mass is 35.5. The molecule has 1 heterocycles. The first kappa shape index (κ1) is 12.0. The minimum absolute atomic E-state index is 0.183. The van der Waals surface area contributed by atoms with E-state index in [0.29, 0.717) is 15.7 Å². The molecule has 2 rings (SSSR count). The molecule has 17 heavy (non-hydrogen) atoms. The van der Waals surface area contributed by atoms with E-state index in [2.05, 4.69) is 10.3 Å². The van der Waals surface area contributed by atoms with Gasteiger partial charge in [-0.05, 0) is 18.2 Å². The zero-order valence-corrected chi connectivity index (χ0v) is 10.2. The number of benzene rings is 1. The molecule has 2 aromatic rings. The van der Waals surface area contributed by atoms with Gasteiger partial charge in [-0.1, -0.05) is 23.2 Å². The van der Waals surface area contributed by atoms with Crippen molar-refractivity contribution in [2.24, 2.45) is 0 Å². The van der Waals surface area contributed by atoms with Crippen molar-refractivity contribution in [3.8, 4) is 0 Å². The summed E-state index contributed by atoms with van der Waals surface area (Å²) in [4.78, 5) is 15.5. The highest BCUT2D eigenvalue weighted by Gasteiger charge is 2.06. The van der Waals surface area contributed by atoms with Crippen LogP contribution in [0.25, 0.3) is 0 Å². The second-order valence-corrected chi connectivity index (χ2v) is 4.25. The molecule has 0 fully saturated rings. The van der Waals surface area contributed by atoms with Crippen LogP contribution in [0.2, 0.25) is 10.0 Å². The fourth-order valence-electron chi connectivity index (χ4n) is 1.33. The van der Waals surface area contributed by atoms with Gasteiger partial charge in [0.2, 0.25) is 5.91 Å². The van der Waals surface area contributed by atoms with Gasteiger partial charge in [0.05, 0.1) is 17.0 Å². The zero-order valence-electron chi connectivity index (χ0n) is 8.73. The van der Waals surface area contributed by atoms with Crippen molar-refractivity contribution in [1.29, 1.82) is 0 Å². The fourth-order valence-corrected chi connectivity index (χ4v) is 1.67. The number of nitrogens with one attached hydrogen (secondary N) is 1. The molecular formula is C11H9Cl2N3O. The third kappa shape index (κ3) is 3.22. The maximum absolute atomic E-state index is 11.7. The zero-order chi connectivity index (χ0) is 12.3. The Hall–Kier alpha value is -1.52. The van der Waals surface area contributed by atoms with Crippen molar-refractivity contribution in [2.75, 3.05) is 5.32 Å². The Morgan fingerprint density at radius 1 is 1.41 bits per heavy atom. The van der Waals surface area contributed by atoms with E-state index in [0.717, 1.165) is 0 Å². The number of hydrogen-bond donors (Lipinski definition) is 1. The lowest BCUT2D eigenvalue weighted by molar-refractivity contribution is -0.116. The number of imidazole rings is 1. The molecule has 0 saturated carbocycles. The molecule has 6 heteroatoms. The molecule has 0 unspecified atom stereocenters. The van der Waals surface area contributed by atoms with Crippen molar-refractivity contribution in [3.63, 3.8) is 0 Å². The SMILES string of the molecule is O=C(Cn1ccnc1)Nc1cc(Cl)ccc1Cl. The van der Waals surface area contributed by atoms with Gasteiger partial charge in [0, 0.05) is 17.4 Å². The number of carbonyl (C=O) groups excluding carboxylic acids is 1. The van der Waals surface area contributed by atoms with E-state index in [9.17, 15) is 4.79 Å². The lowest BCUT2D eigenvalue weighted by Gasteiger charge is -2.07. The van der Waals surface area contributed by atoms with Gasteiger partial charge in [-0.2, -0.15) is 0 Å². The summed E-state index contributed by atoms with van der Waals surface area (Å²) in [5, 5.41) is 3.66. The average molecular weight is 270 g/mol. The van der Waals surface area contributed by atoms with Gasteiger partial charge in [0.1, 0.15) is 6.54 Å². The lowest BCUT2D eigenvalue weighted by Crippen LogP contribution is -2.18. The predicted molar refractivity (Wildman–Crippen MR) is 67.3 cm³/mol. The average Bonchev–Trinajstić information content (AvgIpc) is 2.76. The van der Waals surface area contributed by atoms with Crippen LogP contribution in [0.5, 0.6) is 0 Å². The molecule has 0 atom stereocenters. The molecule has 0 spiro atoms. The van der Waals surface area contributed by atoms with E-state index in [1.807, 2.05) is 0 Å². The molecular weight excluding hydrogens is 261 g/mol. The van der Waals surface area contributed by atoms with Gasteiger partial charge in [-0.25, -0.2) is 4.98 Å². The highest BCUT2D eigenvalue weighted by molar-refractivity contribution is 6.35. The summed E-state index contributed by atoms with van der Waals surface area (Å²) in [6.07, 6.45) is 4.89. The van der Waals surface area contributed by atoms with Gasteiger partial charge in [0.25, 0.3) is 0 Å². The van der Waals surface area contributed by atoms with Crippen LogP contribution >= 0.6 is 23.2 Å². The number of anilines is 1. The number of nitrogens with zero attached hydrogens (tertiary/aromatic N) is 2. The minimum atomic E-state index is -0.188. The van der Waals surface area contributed by atoms with Crippen LogP contribution in [-0.2, 0) is 11.3 Å². The summed E-state index contributed by atoms with van der Waals surface area (Å²) in [6, 6.07) is 4.90. The summed E-state index contributed by atoms with van der Waals surface area (Å²) in [7, 11) is 0. The van der Waals surface area contributed by atoms with E-state index in [1.54, 1.807) is 41.5 Å². The van der Waals surface area contributed by atoms with Crippen molar-refractivity contribution >= 4 is 34.8 Å². The topological polar surface area (TPSA) is 46.9 Å². The number of rotatable bonds is 3. The molecule has 0 bridgehead atoms. The van der Waals surface area contributed by atoms with Crippen molar-refractivity contribution in [2.45, 2.75) is 6.54 Å². The summed E-state index contributed by atoms with van der Waals surface area (Å²) < 4.78 is 1.66. The number of halogens is 2. The third-order valence-electron chi connectivity index (χ3n) is 2.09. The van der Waals surface area contributed by atoms with Gasteiger partial charge < -0.3 is 9.88 Å². The molecule has 0 saturated heterocycles. The van der Waals surface area contributed by atoms with Gasteiger partial charge in [-0.3, -0.25) is 4.79 Å². The summed E-state index contributed by atoms with van der Waals surface area (Å²) in [5.41, 5.74) is 0.504. The normalized spacial score (nSPS) is 10.2. The Kier molecular flexibility index (Phi) is 3.66. The predicted octanol–water partition coefficient (Wildman–Crippen LogP) is 2.83. The molecule has 1 aromatic carbocycles. The number of aromatic nitrogens is 2. The van der Waals surface area contributed by atoms with E-state index in [-0.39, 0.29) is 12.5 Å². The van der Waals surface area contributed by atoms with Crippen LogP contribution < -0.4 is 5.32 Å². The highest BCUT2D eigenvalue weighted by Crippen LogP contribution is 2.25. The van der Waals surface area contributed by atoms with Crippen LogP contribution in [-0.4, -0.2) is 15.5 Å². The first-order valence-corrected chi connectivity index (χ1v) is 5.61. The molecule has 0 aliphatic rings. The Morgan fingerprint density at radius 2 is 2.24 bits per heavy atom. The Morgan fingerprint density at radius 3 is 2.94 bits per heavy atom. The van der Waals surface area contributed by atoms with E-state index in [4.69, 9.17) is 23.2 Å². The van der Waals surface area contributed by atoms with Gasteiger partial charge in [-0.15, -0.1) is 0 Å². The maximum atomic E-state index is 11.7. The monoisotopic (exact) mass is 269 g/mol. The lowest BCUT2D eigenvalue weighted by atomic mass is 10.3. The minimum Gasteiger partial charge on any atom is -0.328 e. The number of carbonyl (C=O) groups is 1. The standard InChI is InChI=1S/C11H9Cl2N3O/c12-8-1-2-9(13)10(5-8)15-11(17)6-16-4-3-14-7-16/h1-5,7H,6H2,(H,15,17). The van der Waals surface area contributed by atoms with E-state index >= 15 is 0 Å². The van der Waals surface area contributed by atoms with Crippen LogP contribution in [0.3, 0.4) is 0 Å². The van der Waals surface area contributed by atoms with Crippen molar-refractivity contribution in [1.82, 2.24) is 9.55 Å². The molecule has 0 radical (unpaired) electrons. The Labute approximate surface area is 108 Å². The van der Waals surface area contributed by atoms with E-state index in [1.165, 1.54) is 0 Å². The number of hydrogen-bond acceptors (Lipinski definition) is 2. The molecule has 4 nitrogen and oxygen atoms in total. The molecule has 88 valence electrons. The molecule has 0 aliphatic heterocycles. The van der Waals surface area contributed by atoms with Crippen molar-refractivity contribution < 1.29 is 4.79 Å². The second-order valence-electron chi connectivity index (χ2n) is 3.41. The van der Waals surface area contributed by atoms with Gasteiger partial charge in [0.15, 0.2) is 0 Å². The van der Waals surface area contributed by atoms with E-state index < -0.39 is 0 Å². The quantitative estimate of drug-likeness (QED) is 0.932. The Bertz CT molecular complexity index is 526. The fraction of sp³-hybridized carbons (Fsp3) is 0.0909. The summed E-state index contributed by atoms with van der Waals surface area (Å²) in [5.74, 6) is -0.188. The smallest absolute Gasteiger partial charge is 0.244 e. The molecule has 1 aromatic heterocycles. The maximum Gasteiger partial charge on any atom is 0.244 e.